The number of rotatable bonds is 9. The van der Waals surface area contributed by atoms with E-state index in [9.17, 15) is 4.79 Å². The molecular weight excluding hydrogens is 240 g/mol. The molecule has 0 aliphatic carbocycles. The molecule has 0 saturated carbocycles. The van der Waals surface area contributed by atoms with E-state index in [-0.39, 0.29) is 0 Å². The second-order valence-corrected chi connectivity index (χ2v) is 4.50. The van der Waals surface area contributed by atoms with Gasteiger partial charge in [-0.2, -0.15) is 0 Å². The summed E-state index contributed by atoms with van der Waals surface area (Å²) >= 11 is 0. The molecule has 0 spiro atoms. The van der Waals surface area contributed by atoms with Crippen LogP contribution in [0.25, 0.3) is 6.08 Å². The van der Waals surface area contributed by atoms with Gasteiger partial charge in [-0.25, -0.2) is 4.79 Å². The van der Waals surface area contributed by atoms with Gasteiger partial charge in [-0.3, -0.25) is 0 Å². The second-order valence-electron chi connectivity index (χ2n) is 4.50. The molecule has 3 heteroatoms. The van der Waals surface area contributed by atoms with Crippen molar-refractivity contribution in [3.63, 3.8) is 0 Å². The molecule has 0 aliphatic heterocycles. The van der Waals surface area contributed by atoms with Crippen LogP contribution in [-0.2, 0) is 4.79 Å². The molecule has 0 atom stereocenters. The molecule has 0 unspecified atom stereocenters. The van der Waals surface area contributed by atoms with Crippen molar-refractivity contribution in [3.05, 3.63) is 35.9 Å². The van der Waals surface area contributed by atoms with E-state index in [0.717, 1.165) is 30.4 Å². The fraction of sp³-hybridized carbons (Fsp3) is 0.438. The van der Waals surface area contributed by atoms with Gasteiger partial charge in [-0.05, 0) is 30.2 Å². The SMILES string of the molecule is CCCCCCCOc1ccc(/C=C\C(=O)O)cc1. The zero-order valence-electron chi connectivity index (χ0n) is 11.5. The van der Waals surface area contributed by atoms with E-state index < -0.39 is 5.97 Å². The monoisotopic (exact) mass is 262 g/mol. The van der Waals surface area contributed by atoms with Gasteiger partial charge in [-0.1, -0.05) is 44.7 Å². The quantitative estimate of drug-likeness (QED) is 0.537. The van der Waals surface area contributed by atoms with Gasteiger partial charge in [0.25, 0.3) is 0 Å². The molecule has 0 aliphatic rings. The largest absolute Gasteiger partial charge is 0.494 e. The molecule has 0 heterocycles. The molecule has 1 aromatic rings. The first-order valence-corrected chi connectivity index (χ1v) is 6.86. The van der Waals surface area contributed by atoms with Crippen molar-refractivity contribution in [2.45, 2.75) is 39.0 Å². The summed E-state index contributed by atoms with van der Waals surface area (Å²) in [6.45, 7) is 2.95. The lowest BCUT2D eigenvalue weighted by molar-refractivity contribution is -0.131. The first-order chi connectivity index (χ1) is 9.22. The number of hydrogen-bond donors (Lipinski definition) is 1. The summed E-state index contributed by atoms with van der Waals surface area (Å²) in [5.41, 5.74) is 0.859. The van der Waals surface area contributed by atoms with E-state index in [1.165, 1.54) is 25.7 Å². The maximum atomic E-state index is 10.4. The third kappa shape index (κ3) is 7.29. The molecule has 1 aromatic carbocycles. The summed E-state index contributed by atoms with van der Waals surface area (Å²) in [7, 11) is 0. The average Bonchev–Trinajstić information content (AvgIpc) is 2.41. The van der Waals surface area contributed by atoms with Gasteiger partial charge in [0.1, 0.15) is 5.75 Å². The maximum absolute atomic E-state index is 10.4. The molecule has 19 heavy (non-hydrogen) atoms. The van der Waals surface area contributed by atoms with Crippen molar-refractivity contribution in [1.82, 2.24) is 0 Å². The zero-order chi connectivity index (χ0) is 13.9. The van der Waals surface area contributed by atoms with Crippen LogP contribution in [0.3, 0.4) is 0 Å². The Balaban J connectivity index is 2.26. The van der Waals surface area contributed by atoms with Gasteiger partial charge < -0.3 is 9.84 Å². The maximum Gasteiger partial charge on any atom is 0.328 e. The molecule has 0 saturated heterocycles. The van der Waals surface area contributed by atoms with Crippen LogP contribution >= 0.6 is 0 Å². The van der Waals surface area contributed by atoms with Crippen LogP contribution in [0.5, 0.6) is 5.75 Å². The van der Waals surface area contributed by atoms with Gasteiger partial charge in [0, 0.05) is 6.08 Å². The second kappa shape index (κ2) is 9.20. The number of aliphatic carboxylic acids is 1. The molecule has 104 valence electrons. The minimum atomic E-state index is -0.938. The number of benzene rings is 1. The lowest BCUT2D eigenvalue weighted by atomic mass is 10.2. The third-order valence-corrected chi connectivity index (χ3v) is 2.82. The highest BCUT2D eigenvalue weighted by molar-refractivity contribution is 5.85. The zero-order valence-corrected chi connectivity index (χ0v) is 11.5. The molecule has 0 aromatic heterocycles. The fourth-order valence-electron chi connectivity index (χ4n) is 1.74. The van der Waals surface area contributed by atoms with E-state index >= 15 is 0 Å². The molecule has 1 rings (SSSR count). The number of carboxylic acid groups (broad SMARTS) is 1. The number of carbonyl (C=O) groups is 1. The van der Waals surface area contributed by atoms with Crippen LogP contribution < -0.4 is 4.74 Å². The Kier molecular flexibility index (Phi) is 7.40. The Morgan fingerprint density at radius 2 is 1.84 bits per heavy atom. The van der Waals surface area contributed by atoms with Crippen LogP contribution in [0.4, 0.5) is 0 Å². The Morgan fingerprint density at radius 3 is 2.47 bits per heavy atom. The predicted octanol–water partition coefficient (Wildman–Crippen LogP) is 4.13. The van der Waals surface area contributed by atoms with Crippen molar-refractivity contribution >= 4 is 12.0 Å². The first kappa shape index (κ1) is 15.3. The highest BCUT2D eigenvalue weighted by Gasteiger charge is 1.95. The normalized spacial score (nSPS) is 10.8. The Bertz CT molecular complexity index is 393. The summed E-state index contributed by atoms with van der Waals surface area (Å²) in [6.07, 6.45) is 8.82. The van der Waals surface area contributed by atoms with Crippen LogP contribution in [0.2, 0.25) is 0 Å². The van der Waals surface area contributed by atoms with Gasteiger partial charge in [0.05, 0.1) is 6.61 Å². The van der Waals surface area contributed by atoms with Crippen LogP contribution in [0.1, 0.15) is 44.6 Å². The molecule has 0 bridgehead atoms. The van der Waals surface area contributed by atoms with E-state index in [0.29, 0.717) is 0 Å². The van der Waals surface area contributed by atoms with Gasteiger partial charge in [0.15, 0.2) is 0 Å². The van der Waals surface area contributed by atoms with Crippen molar-refractivity contribution in [1.29, 1.82) is 0 Å². The number of unbranched alkanes of at least 4 members (excludes halogenated alkanes) is 4. The molecule has 0 radical (unpaired) electrons. The molecule has 0 fully saturated rings. The number of ether oxygens (including phenoxy) is 1. The minimum Gasteiger partial charge on any atom is -0.494 e. The van der Waals surface area contributed by atoms with Crippen molar-refractivity contribution in [2.75, 3.05) is 6.61 Å². The highest BCUT2D eigenvalue weighted by atomic mass is 16.5. The highest BCUT2D eigenvalue weighted by Crippen LogP contribution is 2.14. The summed E-state index contributed by atoms with van der Waals surface area (Å²) in [4.78, 5) is 10.4. The van der Waals surface area contributed by atoms with Gasteiger partial charge >= 0.3 is 5.97 Å². The number of carboxylic acids is 1. The predicted molar refractivity (Wildman–Crippen MR) is 77.4 cm³/mol. The molecule has 0 amide bonds. The van der Waals surface area contributed by atoms with E-state index in [4.69, 9.17) is 9.84 Å². The van der Waals surface area contributed by atoms with Gasteiger partial charge in [0.2, 0.25) is 0 Å². The smallest absolute Gasteiger partial charge is 0.328 e. The van der Waals surface area contributed by atoms with E-state index in [1.807, 2.05) is 24.3 Å². The lowest BCUT2D eigenvalue weighted by Gasteiger charge is -2.06. The summed E-state index contributed by atoms with van der Waals surface area (Å²) in [6, 6.07) is 7.44. The summed E-state index contributed by atoms with van der Waals surface area (Å²) in [5, 5.41) is 8.52. The molecular formula is C16H22O3. The van der Waals surface area contributed by atoms with E-state index in [1.54, 1.807) is 6.08 Å². The van der Waals surface area contributed by atoms with Crippen molar-refractivity contribution < 1.29 is 14.6 Å². The average molecular weight is 262 g/mol. The lowest BCUT2D eigenvalue weighted by Crippen LogP contribution is -1.97. The van der Waals surface area contributed by atoms with Crippen molar-refractivity contribution in [2.24, 2.45) is 0 Å². The first-order valence-electron chi connectivity index (χ1n) is 6.86. The number of hydrogen-bond acceptors (Lipinski definition) is 2. The summed E-state index contributed by atoms with van der Waals surface area (Å²) in [5.74, 6) is -0.102. The standard InChI is InChI=1S/C16H22O3/c1-2-3-4-5-6-13-19-15-10-7-14(8-11-15)9-12-16(17)18/h7-12H,2-6,13H2,1H3,(H,17,18)/b12-9-. The fourth-order valence-corrected chi connectivity index (χ4v) is 1.74. The van der Waals surface area contributed by atoms with Crippen LogP contribution in [0.15, 0.2) is 30.3 Å². The van der Waals surface area contributed by atoms with Gasteiger partial charge in [-0.15, -0.1) is 0 Å². The molecule has 3 nitrogen and oxygen atoms in total. The minimum absolute atomic E-state index is 0.744. The molecule has 1 N–H and O–H groups in total. The Hall–Kier alpha value is -1.77. The van der Waals surface area contributed by atoms with Crippen LogP contribution in [-0.4, -0.2) is 17.7 Å². The summed E-state index contributed by atoms with van der Waals surface area (Å²) < 4.78 is 5.63. The Morgan fingerprint density at radius 1 is 1.16 bits per heavy atom. The van der Waals surface area contributed by atoms with Crippen molar-refractivity contribution in [3.8, 4) is 5.75 Å². The Labute approximate surface area is 114 Å². The topological polar surface area (TPSA) is 46.5 Å². The van der Waals surface area contributed by atoms with Crippen LogP contribution in [0, 0.1) is 0 Å². The van der Waals surface area contributed by atoms with E-state index in [2.05, 4.69) is 6.92 Å². The third-order valence-electron chi connectivity index (χ3n) is 2.82.